The third-order valence-electron chi connectivity index (χ3n) is 3.66. The van der Waals surface area contributed by atoms with Gasteiger partial charge < -0.3 is 5.11 Å². The summed E-state index contributed by atoms with van der Waals surface area (Å²) in [5, 5.41) is 9.19. The summed E-state index contributed by atoms with van der Waals surface area (Å²) in [5.74, 6) is 2.93. The van der Waals surface area contributed by atoms with Crippen molar-refractivity contribution >= 4 is 0 Å². The Morgan fingerprint density at radius 2 is 1.67 bits per heavy atom. The molecule has 2 unspecified atom stereocenters. The van der Waals surface area contributed by atoms with E-state index in [1.54, 1.807) is 0 Å². The minimum Gasteiger partial charge on any atom is -0.396 e. The molecule has 72 valence electrons. The van der Waals surface area contributed by atoms with E-state index in [1.807, 2.05) is 0 Å². The fourth-order valence-corrected chi connectivity index (χ4v) is 2.75. The van der Waals surface area contributed by atoms with Crippen LogP contribution in [0.3, 0.4) is 0 Å². The zero-order valence-corrected chi connectivity index (χ0v) is 8.59. The van der Waals surface area contributed by atoms with Gasteiger partial charge in [-0.3, -0.25) is 0 Å². The summed E-state index contributed by atoms with van der Waals surface area (Å²) in [7, 11) is 0. The van der Waals surface area contributed by atoms with E-state index >= 15 is 0 Å². The van der Waals surface area contributed by atoms with E-state index in [-0.39, 0.29) is 0 Å². The van der Waals surface area contributed by atoms with Gasteiger partial charge in [0.25, 0.3) is 0 Å². The van der Waals surface area contributed by atoms with E-state index in [0.29, 0.717) is 12.5 Å². The smallest absolute Gasteiger partial charge is 0.0464 e. The van der Waals surface area contributed by atoms with Gasteiger partial charge in [-0.2, -0.15) is 0 Å². The number of aliphatic hydroxyl groups excluding tert-OH is 1. The highest BCUT2D eigenvalue weighted by Crippen LogP contribution is 2.38. The highest BCUT2D eigenvalue weighted by atomic mass is 16.3. The van der Waals surface area contributed by atoms with Gasteiger partial charge in [0.05, 0.1) is 0 Å². The number of hydrogen-bond acceptors (Lipinski definition) is 1. The third-order valence-corrected chi connectivity index (χ3v) is 3.66. The van der Waals surface area contributed by atoms with E-state index in [4.69, 9.17) is 0 Å². The zero-order chi connectivity index (χ0) is 9.14. The monoisotopic (exact) mass is 170 g/mol. The fraction of sp³-hybridized carbons (Fsp3) is 1.00. The molecule has 1 fully saturated rings. The molecule has 1 aliphatic rings. The Balaban J connectivity index is 2.51. The van der Waals surface area contributed by atoms with Crippen molar-refractivity contribution in [2.75, 3.05) is 6.61 Å². The molecule has 0 heterocycles. The molecule has 1 heteroatoms. The maximum Gasteiger partial charge on any atom is 0.0464 e. The van der Waals surface area contributed by atoms with E-state index in [1.165, 1.54) is 19.3 Å². The van der Waals surface area contributed by atoms with Gasteiger partial charge in [0.2, 0.25) is 0 Å². The van der Waals surface area contributed by atoms with Gasteiger partial charge in [-0.15, -0.1) is 0 Å². The van der Waals surface area contributed by atoms with E-state index < -0.39 is 0 Å². The molecule has 0 radical (unpaired) electrons. The molecule has 1 saturated carbocycles. The topological polar surface area (TPSA) is 20.2 Å². The first-order valence-corrected chi connectivity index (χ1v) is 5.29. The lowest BCUT2D eigenvalue weighted by Gasteiger charge is -2.37. The summed E-state index contributed by atoms with van der Waals surface area (Å²) in [5.41, 5.74) is 0. The lowest BCUT2D eigenvalue weighted by molar-refractivity contribution is 0.0683. The molecular formula is C11H22O. The van der Waals surface area contributed by atoms with Crippen molar-refractivity contribution in [3.8, 4) is 0 Å². The molecule has 0 amide bonds. The van der Waals surface area contributed by atoms with Crippen LogP contribution in [0.5, 0.6) is 0 Å². The number of rotatable bonds is 2. The van der Waals surface area contributed by atoms with Crippen molar-refractivity contribution in [2.45, 2.75) is 40.0 Å². The van der Waals surface area contributed by atoms with Crippen molar-refractivity contribution in [1.82, 2.24) is 0 Å². The first-order chi connectivity index (χ1) is 5.69. The van der Waals surface area contributed by atoms with Crippen LogP contribution in [-0.4, -0.2) is 11.7 Å². The van der Waals surface area contributed by atoms with Crippen LogP contribution >= 0.6 is 0 Å². The zero-order valence-electron chi connectivity index (χ0n) is 8.59. The molecule has 12 heavy (non-hydrogen) atoms. The lowest BCUT2D eigenvalue weighted by atomic mass is 9.69. The maximum atomic E-state index is 9.19. The van der Waals surface area contributed by atoms with Gasteiger partial charge in [0.15, 0.2) is 0 Å². The highest BCUT2D eigenvalue weighted by molar-refractivity contribution is 4.81. The molecule has 1 rings (SSSR count). The second-order valence-corrected chi connectivity index (χ2v) is 4.55. The second kappa shape index (κ2) is 4.27. The minimum absolute atomic E-state index is 0.388. The molecule has 1 nitrogen and oxygen atoms in total. The largest absolute Gasteiger partial charge is 0.396 e. The van der Waals surface area contributed by atoms with Crippen LogP contribution in [0, 0.1) is 23.7 Å². The molecule has 2 atom stereocenters. The van der Waals surface area contributed by atoms with Crippen molar-refractivity contribution < 1.29 is 5.11 Å². The first kappa shape index (κ1) is 10.0. The van der Waals surface area contributed by atoms with Crippen LogP contribution in [0.1, 0.15) is 40.0 Å². The normalized spacial score (nSPS) is 43.0. The molecule has 0 aromatic heterocycles. The summed E-state index contributed by atoms with van der Waals surface area (Å²) < 4.78 is 0. The summed E-state index contributed by atoms with van der Waals surface area (Å²) >= 11 is 0. The quantitative estimate of drug-likeness (QED) is 0.675. The predicted molar refractivity (Wildman–Crippen MR) is 51.9 cm³/mol. The van der Waals surface area contributed by atoms with Gasteiger partial charge in [0, 0.05) is 6.61 Å². The predicted octanol–water partition coefficient (Wildman–Crippen LogP) is 2.69. The SMILES string of the molecule is CCC1CC(C)C(CO)C(C)C1. The molecule has 0 bridgehead atoms. The summed E-state index contributed by atoms with van der Waals surface area (Å²) in [6.45, 7) is 7.25. The summed E-state index contributed by atoms with van der Waals surface area (Å²) in [4.78, 5) is 0. The Morgan fingerprint density at radius 3 is 2.00 bits per heavy atom. The van der Waals surface area contributed by atoms with E-state index in [0.717, 1.165) is 17.8 Å². The Kier molecular flexibility index (Phi) is 3.57. The maximum absolute atomic E-state index is 9.19. The molecule has 1 N–H and O–H groups in total. The molecular weight excluding hydrogens is 148 g/mol. The van der Waals surface area contributed by atoms with Crippen LogP contribution in [0.2, 0.25) is 0 Å². The Labute approximate surface area is 76.2 Å². The Hall–Kier alpha value is -0.0400. The van der Waals surface area contributed by atoms with Crippen LogP contribution < -0.4 is 0 Å². The second-order valence-electron chi connectivity index (χ2n) is 4.55. The molecule has 1 aliphatic carbocycles. The fourth-order valence-electron chi connectivity index (χ4n) is 2.75. The van der Waals surface area contributed by atoms with Crippen LogP contribution in [0.25, 0.3) is 0 Å². The van der Waals surface area contributed by atoms with E-state index in [2.05, 4.69) is 20.8 Å². The Bertz CT molecular complexity index is 121. The van der Waals surface area contributed by atoms with Gasteiger partial charge in [-0.05, 0) is 36.5 Å². The number of hydrogen-bond donors (Lipinski definition) is 1. The standard InChI is InChI=1S/C11H22O/c1-4-10-5-8(2)11(7-12)9(3)6-10/h8-12H,4-7H2,1-3H3. The summed E-state index contributed by atoms with van der Waals surface area (Å²) in [6, 6.07) is 0. The highest BCUT2D eigenvalue weighted by Gasteiger charge is 2.31. The molecule has 0 spiro atoms. The van der Waals surface area contributed by atoms with Gasteiger partial charge in [0.1, 0.15) is 0 Å². The van der Waals surface area contributed by atoms with Crippen LogP contribution in [0.15, 0.2) is 0 Å². The average Bonchev–Trinajstić information content (AvgIpc) is 2.03. The first-order valence-electron chi connectivity index (χ1n) is 5.29. The molecule has 0 aromatic carbocycles. The molecule has 0 aromatic rings. The average molecular weight is 170 g/mol. The Morgan fingerprint density at radius 1 is 1.17 bits per heavy atom. The van der Waals surface area contributed by atoms with Gasteiger partial charge >= 0.3 is 0 Å². The van der Waals surface area contributed by atoms with Gasteiger partial charge in [-0.1, -0.05) is 27.2 Å². The summed E-state index contributed by atoms with van der Waals surface area (Å²) in [6.07, 6.45) is 3.96. The van der Waals surface area contributed by atoms with Crippen molar-refractivity contribution in [1.29, 1.82) is 0 Å². The lowest BCUT2D eigenvalue weighted by Crippen LogP contribution is -2.31. The van der Waals surface area contributed by atoms with Crippen molar-refractivity contribution in [3.05, 3.63) is 0 Å². The van der Waals surface area contributed by atoms with Crippen LogP contribution in [-0.2, 0) is 0 Å². The van der Waals surface area contributed by atoms with Crippen LogP contribution in [0.4, 0.5) is 0 Å². The van der Waals surface area contributed by atoms with Crippen molar-refractivity contribution in [2.24, 2.45) is 23.7 Å². The third kappa shape index (κ3) is 2.01. The number of aliphatic hydroxyl groups is 1. The molecule has 0 saturated heterocycles. The minimum atomic E-state index is 0.388. The van der Waals surface area contributed by atoms with Crippen molar-refractivity contribution in [3.63, 3.8) is 0 Å². The van der Waals surface area contributed by atoms with E-state index in [9.17, 15) is 5.11 Å². The molecule has 0 aliphatic heterocycles. The van der Waals surface area contributed by atoms with Gasteiger partial charge in [-0.25, -0.2) is 0 Å².